The van der Waals surface area contributed by atoms with Crippen molar-refractivity contribution in [1.82, 2.24) is 15.1 Å². The maximum absolute atomic E-state index is 12.3. The van der Waals surface area contributed by atoms with Crippen LogP contribution in [-0.2, 0) is 20.6 Å². The Bertz CT molecular complexity index is 871. The van der Waals surface area contributed by atoms with Crippen LogP contribution in [0.2, 0.25) is 0 Å². The minimum absolute atomic E-state index is 0.130. The van der Waals surface area contributed by atoms with Crippen molar-refractivity contribution in [1.29, 1.82) is 0 Å². The summed E-state index contributed by atoms with van der Waals surface area (Å²) in [5, 5.41) is 11.8. The monoisotopic (exact) mass is 400 g/mol. The average molecular weight is 400 g/mol. The van der Waals surface area contributed by atoms with Crippen LogP contribution >= 0.6 is 0 Å². The normalized spacial score (nSPS) is 24.0. The number of benzene rings is 1. The first-order chi connectivity index (χ1) is 14.3. The topological polar surface area (TPSA) is 88.7 Å². The number of carbonyl (C=O) groups excluding carboxylic acids is 1. The van der Waals surface area contributed by atoms with Crippen molar-refractivity contribution in [2.75, 3.05) is 51.4 Å². The number of anilines is 1. The molecule has 1 amide bonds. The molecule has 0 aliphatic carbocycles. The quantitative estimate of drug-likeness (QED) is 0.820. The van der Waals surface area contributed by atoms with Crippen LogP contribution in [0.3, 0.4) is 0 Å². The molecule has 2 aromatic rings. The van der Waals surface area contributed by atoms with Gasteiger partial charge in [0, 0.05) is 62.0 Å². The van der Waals surface area contributed by atoms with Crippen molar-refractivity contribution < 1.29 is 19.0 Å². The fourth-order valence-electron chi connectivity index (χ4n) is 4.59. The Labute approximate surface area is 169 Å². The second-order valence-electron chi connectivity index (χ2n) is 8.15. The molecule has 0 saturated carbocycles. The molecule has 3 aliphatic heterocycles. The zero-order chi connectivity index (χ0) is 19.6. The summed E-state index contributed by atoms with van der Waals surface area (Å²) in [5.41, 5.74) is 4.00. The molecule has 1 atom stereocenters. The van der Waals surface area contributed by atoms with E-state index in [1.165, 1.54) is 5.69 Å². The maximum Gasteiger partial charge on any atom is 0.411 e. The lowest BCUT2D eigenvalue weighted by Gasteiger charge is -2.27. The third-order valence-corrected chi connectivity index (χ3v) is 6.27. The average Bonchev–Trinajstić information content (AvgIpc) is 3.08. The Morgan fingerprint density at radius 2 is 1.90 bits per heavy atom. The minimum atomic E-state index is -0.379. The van der Waals surface area contributed by atoms with Crippen LogP contribution in [0.1, 0.15) is 36.4 Å². The highest BCUT2D eigenvalue weighted by Crippen LogP contribution is 2.34. The molecule has 1 unspecified atom stereocenters. The molecule has 4 heterocycles. The van der Waals surface area contributed by atoms with E-state index in [0.717, 1.165) is 87.5 Å². The van der Waals surface area contributed by atoms with Crippen LogP contribution in [0.25, 0.3) is 10.9 Å². The summed E-state index contributed by atoms with van der Waals surface area (Å²) >= 11 is 0. The summed E-state index contributed by atoms with van der Waals surface area (Å²) in [6, 6.07) is 4.16. The van der Waals surface area contributed by atoms with Crippen LogP contribution in [0, 0.1) is 0 Å². The van der Waals surface area contributed by atoms with Crippen LogP contribution < -0.4 is 5.32 Å². The van der Waals surface area contributed by atoms with E-state index in [2.05, 4.69) is 26.5 Å². The summed E-state index contributed by atoms with van der Waals surface area (Å²) < 4.78 is 16.6. The number of ether oxygens (including phenoxy) is 3. The maximum atomic E-state index is 12.3. The molecule has 1 aromatic heterocycles. The van der Waals surface area contributed by atoms with Crippen molar-refractivity contribution in [2.45, 2.75) is 37.7 Å². The van der Waals surface area contributed by atoms with E-state index in [1.807, 2.05) is 6.07 Å². The molecule has 2 saturated heterocycles. The van der Waals surface area contributed by atoms with Gasteiger partial charge in [-0.05, 0) is 37.0 Å². The fourth-order valence-corrected chi connectivity index (χ4v) is 4.59. The number of morpholine rings is 1. The summed E-state index contributed by atoms with van der Waals surface area (Å²) in [7, 11) is 0. The van der Waals surface area contributed by atoms with Crippen molar-refractivity contribution in [3.8, 4) is 0 Å². The van der Waals surface area contributed by atoms with Gasteiger partial charge in [-0.2, -0.15) is 5.10 Å². The number of nitrogens with zero attached hydrogens (tertiary/aromatic N) is 2. The number of hydrogen-bond donors (Lipinski definition) is 2. The predicted molar refractivity (Wildman–Crippen MR) is 108 cm³/mol. The first-order valence-corrected chi connectivity index (χ1v) is 10.6. The minimum Gasteiger partial charge on any atom is -0.446 e. The van der Waals surface area contributed by atoms with Crippen molar-refractivity contribution >= 4 is 22.7 Å². The highest BCUT2D eigenvalue weighted by molar-refractivity contribution is 5.93. The Kier molecular flexibility index (Phi) is 5.39. The highest BCUT2D eigenvalue weighted by Gasteiger charge is 2.26. The van der Waals surface area contributed by atoms with E-state index >= 15 is 0 Å². The Morgan fingerprint density at radius 1 is 1.10 bits per heavy atom. The van der Waals surface area contributed by atoms with Crippen molar-refractivity contribution in [3.63, 3.8) is 0 Å². The first kappa shape index (κ1) is 18.8. The second-order valence-corrected chi connectivity index (χ2v) is 8.15. The zero-order valence-electron chi connectivity index (χ0n) is 16.6. The molecule has 0 bridgehead atoms. The summed E-state index contributed by atoms with van der Waals surface area (Å²) in [6.45, 7) is 5.95. The highest BCUT2D eigenvalue weighted by atomic mass is 16.6. The summed E-state index contributed by atoms with van der Waals surface area (Å²) in [4.78, 5) is 14.7. The molecule has 2 fully saturated rings. The van der Waals surface area contributed by atoms with Gasteiger partial charge in [0.1, 0.15) is 6.10 Å². The number of aromatic amines is 1. The molecule has 156 valence electrons. The van der Waals surface area contributed by atoms with E-state index in [9.17, 15) is 4.79 Å². The van der Waals surface area contributed by atoms with E-state index in [-0.39, 0.29) is 12.2 Å². The van der Waals surface area contributed by atoms with Gasteiger partial charge in [-0.3, -0.25) is 15.3 Å². The van der Waals surface area contributed by atoms with Crippen LogP contribution in [0.5, 0.6) is 0 Å². The van der Waals surface area contributed by atoms with Crippen LogP contribution in [-0.4, -0.2) is 73.4 Å². The fraction of sp³-hybridized carbons (Fsp3) is 0.619. The smallest absolute Gasteiger partial charge is 0.411 e. The predicted octanol–water partition coefficient (Wildman–Crippen LogP) is 2.65. The van der Waals surface area contributed by atoms with Crippen molar-refractivity contribution in [2.24, 2.45) is 0 Å². The van der Waals surface area contributed by atoms with Gasteiger partial charge in [0.2, 0.25) is 0 Å². The number of amides is 1. The molecule has 29 heavy (non-hydrogen) atoms. The molecule has 2 N–H and O–H groups in total. The number of aromatic nitrogens is 2. The lowest BCUT2D eigenvalue weighted by atomic mass is 9.92. The van der Waals surface area contributed by atoms with Gasteiger partial charge in [-0.15, -0.1) is 0 Å². The molecule has 5 rings (SSSR count). The number of rotatable bonds is 4. The van der Waals surface area contributed by atoms with E-state index < -0.39 is 0 Å². The summed E-state index contributed by atoms with van der Waals surface area (Å²) in [5.74, 6) is 0.445. The molecule has 0 radical (unpaired) electrons. The molecule has 8 heteroatoms. The number of fused-ring (bicyclic) bond motifs is 2. The van der Waals surface area contributed by atoms with Crippen LogP contribution in [0.15, 0.2) is 12.1 Å². The van der Waals surface area contributed by atoms with Gasteiger partial charge >= 0.3 is 6.09 Å². The SMILES string of the molecule is O=C1Nc2cc3n[nH]c(C4CCOCC4)c3cc2CC(CCN2CCOCC2)O1. The Morgan fingerprint density at radius 3 is 2.72 bits per heavy atom. The molecular weight excluding hydrogens is 372 g/mol. The van der Waals surface area contributed by atoms with Crippen molar-refractivity contribution in [3.05, 3.63) is 23.4 Å². The third kappa shape index (κ3) is 4.10. The standard InChI is InChI=1S/C21H28N4O4/c26-21-22-18-13-19-17(20(24-23-19)14-2-7-27-8-3-14)12-15(18)11-16(29-21)1-4-25-5-9-28-10-6-25/h12-14,16H,1-11H2,(H,22,26)(H,23,24). The number of hydrogen-bond acceptors (Lipinski definition) is 6. The van der Waals surface area contributed by atoms with Gasteiger partial charge < -0.3 is 14.2 Å². The lowest BCUT2D eigenvalue weighted by molar-refractivity contribution is 0.0285. The molecule has 0 spiro atoms. The first-order valence-electron chi connectivity index (χ1n) is 10.6. The molecule has 8 nitrogen and oxygen atoms in total. The Balaban J connectivity index is 1.37. The Hall–Kier alpha value is -2.16. The zero-order valence-corrected chi connectivity index (χ0v) is 16.6. The van der Waals surface area contributed by atoms with Gasteiger partial charge in [-0.25, -0.2) is 4.79 Å². The van der Waals surface area contributed by atoms with E-state index in [0.29, 0.717) is 12.3 Å². The lowest BCUT2D eigenvalue weighted by Crippen LogP contribution is -2.38. The number of cyclic esters (lactones) is 1. The van der Waals surface area contributed by atoms with E-state index in [1.54, 1.807) is 0 Å². The summed E-state index contributed by atoms with van der Waals surface area (Å²) in [6.07, 6.45) is 3.05. The van der Waals surface area contributed by atoms with Gasteiger partial charge in [-0.1, -0.05) is 0 Å². The molecule has 3 aliphatic rings. The largest absolute Gasteiger partial charge is 0.446 e. The van der Waals surface area contributed by atoms with Gasteiger partial charge in [0.25, 0.3) is 0 Å². The van der Waals surface area contributed by atoms with E-state index in [4.69, 9.17) is 14.2 Å². The number of nitrogens with one attached hydrogen (secondary N) is 2. The third-order valence-electron chi connectivity index (χ3n) is 6.27. The van der Waals surface area contributed by atoms with Gasteiger partial charge in [0.05, 0.1) is 18.7 Å². The number of H-pyrrole nitrogens is 1. The van der Waals surface area contributed by atoms with Gasteiger partial charge in [0.15, 0.2) is 0 Å². The number of carbonyl (C=O) groups is 1. The molecular formula is C21H28N4O4. The molecule has 1 aromatic carbocycles. The second kappa shape index (κ2) is 8.30. The van der Waals surface area contributed by atoms with Crippen LogP contribution in [0.4, 0.5) is 10.5 Å².